The van der Waals surface area contributed by atoms with Gasteiger partial charge in [-0.2, -0.15) is 0 Å². The van der Waals surface area contributed by atoms with E-state index in [1.165, 1.54) is 0 Å². The fourth-order valence-electron chi connectivity index (χ4n) is 2.10. The first-order valence-electron chi connectivity index (χ1n) is 4.94. The van der Waals surface area contributed by atoms with Crippen molar-refractivity contribution < 1.29 is 9.90 Å². The van der Waals surface area contributed by atoms with Crippen molar-refractivity contribution in [3.63, 3.8) is 0 Å². The summed E-state index contributed by atoms with van der Waals surface area (Å²) in [6.45, 7) is 0.671. The Balaban J connectivity index is 2.64. The highest BCUT2D eigenvalue weighted by Gasteiger charge is 2.32. The zero-order valence-electron chi connectivity index (χ0n) is 8.70. The maximum Gasteiger partial charge on any atom is 0.311 e. The zero-order valence-corrected chi connectivity index (χ0v) is 10.2. The average Bonchev–Trinajstić information content (AvgIpc) is 2.23. The minimum absolute atomic E-state index is 0.471. The number of aliphatic carboxylic acids is 1. The summed E-state index contributed by atoms with van der Waals surface area (Å²) in [4.78, 5) is 13.1. The van der Waals surface area contributed by atoms with Crippen molar-refractivity contribution in [1.29, 1.82) is 0 Å². The number of halogens is 2. The molecular weight excluding hydrogens is 249 g/mol. The van der Waals surface area contributed by atoms with E-state index in [1.54, 1.807) is 12.1 Å². The molecule has 0 saturated heterocycles. The van der Waals surface area contributed by atoms with Gasteiger partial charge in [0.2, 0.25) is 0 Å². The van der Waals surface area contributed by atoms with Gasteiger partial charge < -0.3 is 10.0 Å². The van der Waals surface area contributed by atoms with Crippen molar-refractivity contribution in [2.24, 2.45) is 0 Å². The topological polar surface area (TPSA) is 40.5 Å². The summed E-state index contributed by atoms with van der Waals surface area (Å²) in [6.07, 6.45) is 0.554. The number of hydrogen-bond donors (Lipinski definition) is 1. The van der Waals surface area contributed by atoms with Crippen LogP contribution in [0.3, 0.4) is 0 Å². The molecule has 0 spiro atoms. The highest BCUT2D eigenvalue weighted by Crippen LogP contribution is 2.43. The van der Waals surface area contributed by atoms with Crippen molar-refractivity contribution in [2.75, 3.05) is 18.5 Å². The summed E-state index contributed by atoms with van der Waals surface area (Å²) in [7, 11) is 1.89. The van der Waals surface area contributed by atoms with Crippen LogP contribution in [0.1, 0.15) is 17.9 Å². The highest BCUT2D eigenvalue weighted by atomic mass is 35.5. The van der Waals surface area contributed by atoms with Gasteiger partial charge in [-0.25, -0.2) is 0 Å². The lowest BCUT2D eigenvalue weighted by Crippen LogP contribution is -2.30. The Kier molecular flexibility index (Phi) is 3.00. The minimum Gasteiger partial charge on any atom is -0.481 e. The van der Waals surface area contributed by atoms with E-state index in [0.29, 0.717) is 28.6 Å². The van der Waals surface area contributed by atoms with E-state index in [0.717, 1.165) is 5.69 Å². The number of anilines is 1. The molecule has 0 saturated carbocycles. The van der Waals surface area contributed by atoms with Gasteiger partial charge in [-0.15, -0.1) is 0 Å². The molecule has 1 heterocycles. The summed E-state index contributed by atoms with van der Waals surface area (Å²) >= 11 is 12.2. The first-order chi connectivity index (χ1) is 7.52. The normalized spacial score (nSPS) is 19.4. The van der Waals surface area contributed by atoms with Crippen LogP contribution in [0.5, 0.6) is 0 Å². The molecule has 0 bridgehead atoms. The van der Waals surface area contributed by atoms with Crippen molar-refractivity contribution >= 4 is 34.9 Å². The van der Waals surface area contributed by atoms with Crippen LogP contribution in [0.15, 0.2) is 12.1 Å². The Labute approximate surface area is 104 Å². The minimum atomic E-state index is -0.849. The first kappa shape index (κ1) is 11.6. The van der Waals surface area contributed by atoms with Gasteiger partial charge in [0.15, 0.2) is 0 Å². The number of rotatable bonds is 1. The second-order valence-corrected chi connectivity index (χ2v) is 4.71. The van der Waals surface area contributed by atoms with Gasteiger partial charge in [-0.3, -0.25) is 4.79 Å². The van der Waals surface area contributed by atoms with Crippen molar-refractivity contribution in [2.45, 2.75) is 12.3 Å². The summed E-state index contributed by atoms with van der Waals surface area (Å²) < 4.78 is 0. The van der Waals surface area contributed by atoms with Crippen LogP contribution in [0.2, 0.25) is 10.0 Å². The Hall–Kier alpha value is -0.930. The average molecular weight is 260 g/mol. The number of nitrogens with zero attached hydrogens (tertiary/aromatic N) is 1. The van der Waals surface area contributed by atoms with E-state index in [4.69, 9.17) is 28.3 Å². The zero-order chi connectivity index (χ0) is 11.9. The van der Waals surface area contributed by atoms with Crippen LogP contribution in [-0.2, 0) is 4.79 Å². The maximum absolute atomic E-state index is 11.2. The molecule has 0 radical (unpaired) electrons. The molecule has 16 heavy (non-hydrogen) atoms. The number of carboxylic acid groups (broad SMARTS) is 1. The first-order valence-corrected chi connectivity index (χ1v) is 5.69. The molecule has 0 aliphatic carbocycles. The number of carboxylic acids is 1. The van der Waals surface area contributed by atoms with Crippen LogP contribution in [0.4, 0.5) is 5.69 Å². The molecule has 5 heteroatoms. The lowest BCUT2D eigenvalue weighted by molar-refractivity contribution is -0.139. The number of fused-ring (bicyclic) bond motifs is 1. The maximum atomic E-state index is 11.2. The van der Waals surface area contributed by atoms with E-state index < -0.39 is 11.9 Å². The molecule has 3 nitrogen and oxygen atoms in total. The fraction of sp³-hybridized carbons (Fsp3) is 0.364. The smallest absolute Gasteiger partial charge is 0.311 e. The quantitative estimate of drug-likeness (QED) is 0.843. The molecule has 1 aromatic carbocycles. The summed E-state index contributed by atoms with van der Waals surface area (Å²) in [6, 6.07) is 3.35. The number of hydrogen-bond acceptors (Lipinski definition) is 2. The standard InChI is InChI=1S/C11H11Cl2NO2/c1-14-5-4-6(11(15)16)9-7(12)2-3-8(13)10(9)14/h2-3,6H,4-5H2,1H3,(H,15,16). The molecule has 1 aliphatic heterocycles. The Morgan fingerprint density at radius 1 is 1.44 bits per heavy atom. The molecule has 1 N–H and O–H groups in total. The van der Waals surface area contributed by atoms with Crippen molar-refractivity contribution in [3.05, 3.63) is 27.7 Å². The Bertz CT molecular complexity index is 448. The highest BCUT2D eigenvalue weighted by molar-refractivity contribution is 6.36. The largest absolute Gasteiger partial charge is 0.481 e. The van der Waals surface area contributed by atoms with E-state index >= 15 is 0 Å². The van der Waals surface area contributed by atoms with Gasteiger partial charge in [0.05, 0.1) is 16.6 Å². The number of benzene rings is 1. The van der Waals surface area contributed by atoms with Gasteiger partial charge >= 0.3 is 5.97 Å². The second-order valence-electron chi connectivity index (χ2n) is 3.89. The van der Waals surface area contributed by atoms with Gasteiger partial charge in [0.25, 0.3) is 0 Å². The SMILES string of the molecule is CN1CCC(C(=O)O)c2c(Cl)ccc(Cl)c21. The van der Waals surface area contributed by atoms with E-state index in [2.05, 4.69) is 0 Å². The Morgan fingerprint density at radius 2 is 2.06 bits per heavy atom. The summed E-state index contributed by atoms with van der Waals surface area (Å²) in [5, 5.41) is 10.2. The van der Waals surface area contributed by atoms with Crippen LogP contribution in [-0.4, -0.2) is 24.7 Å². The Morgan fingerprint density at radius 3 is 2.69 bits per heavy atom. The number of carbonyl (C=O) groups is 1. The van der Waals surface area contributed by atoms with E-state index in [1.807, 2.05) is 11.9 Å². The molecule has 1 aliphatic rings. The molecule has 1 atom stereocenters. The van der Waals surface area contributed by atoms with Gasteiger partial charge in [0.1, 0.15) is 0 Å². The molecule has 1 unspecified atom stereocenters. The fourth-order valence-corrected chi connectivity index (χ4v) is 2.70. The van der Waals surface area contributed by atoms with Crippen LogP contribution in [0.25, 0.3) is 0 Å². The van der Waals surface area contributed by atoms with Crippen molar-refractivity contribution in [1.82, 2.24) is 0 Å². The third kappa shape index (κ3) is 1.74. The molecule has 2 rings (SSSR count). The molecule has 0 amide bonds. The third-order valence-electron chi connectivity index (χ3n) is 2.90. The van der Waals surface area contributed by atoms with Gasteiger partial charge in [-0.05, 0) is 18.6 Å². The predicted octanol–water partition coefficient (Wildman–Crippen LogP) is 3.00. The molecule has 0 fully saturated rings. The lowest BCUT2D eigenvalue weighted by atomic mass is 9.90. The second kappa shape index (κ2) is 4.15. The lowest BCUT2D eigenvalue weighted by Gasteiger charge is -2.32. The van der Waals surface area contributed by atoms with Crippen molar-refractivity contribution in [3.8, 4) is 0 Å². The molecule has 1 aromatic rings. The molecular formula is C11H11Cl2NO2. The van der Waals surface area contributed by atoms with Crippen LogP contribution < -0.4 is 4.90 Å². The van der Waals surface area contributed by atoms with Crippen LogP contribution in [0, 0.1) is 0 Å². The predicted molar refractivity (Wildman–Crippen MR) is 64.7 cm³/mol. The summed E-state index contributed by atoms with van der Waals surface area (Å²) in [5.41, 5.74) is 1.38. The van der Waals surface area contributed by atoms with Gasteiger partial charge in [-0.1, -0.05) is 23.2 Å². The van der Waals surface area contributed by atoms with Crippen LogP contribution >= 0.6 is 23.2 Å². The molecule has 86 valence electrons. The third-order valence-corrected chi connectivity index (χ3v) is 3.53. The van der Waals surface area contributed by atoms with E-state index in [9.17, 15) is 4.79 Å². The molecule has 0 aromatic heterocycles. The van der Waals surface area contributed by atoms with E-state index in [-0.39, 0.29) is 0 Å². The monoisotopic (exact) mass is 259 g/mol. The summed E-state index contributed by atoms with van der Waals surface area (Å²) in [5.74, 6) is -1.41. The van der Waals surface area contributed by atoms with Gasteiger partial charge in [0, 0.05) is 24.2 Å².